The maximum absolute atomic E-state index is 10.8. The topological polar surface area (TPSA) is 55.6 Å². The molecule has 0 saturated heterocycles. The number of methoxy groups -OCH3 is 1. The Kier molecular flexibility index (Phi) is 5.71. The molecular weight excluding hydrogens is 300 g/mol. The minimum absolute atomic E-state index is 0.0975. The van der Waals surface area contributed by atoms with Gasteiger partial charge in [-0.3, -0.25) is 15.0 Å². The van der Waals surface area contributed by atoms with E-state index in [0.29, 0.717) is 17.6 Å². The summed E-state index contributed by atoms with van der Waals surface area (Å²) in [6.07, 6.45) is 0. The number of ether oxygens (including phenoxy) is 1. The highest BCUT2D eigenvalue weighted by Crippen LogP contribution is 2.29. The van der Waals surface area contributed by atoms with Gasteiger partial charge in [0.05, 0.1) is 16.0 Å². The minimum atomic E-state index is -0.383. The second-order valence-electron chi connectivity index (χ2n) is 4.23. The van der Waals surface area contributed by atoms with Crippen LogP contribution < -0.4 is 0 Å². The molecule has 0 aliphatic rings. The molecule has 100 valence electrons. The van der Waals surface area contributed by atoms with E-state index >= 15 is 0 Å². The number of nitrogens with zero attached hydrogens (tertiary/aromatic N) is 2. The molecule has 5 nitrogen and oxygen atoms in total. The van der Waals surface area contributed by atoms with Gasteiger partial charge in [-0.25, -0.2) is 0 Å². The van der Waals surface area contributed by atoms with E-state index in [1.165, 1.54) is 6.07 Å². The van der Waals surface area contributed by atoms with Gasteiger partial charge in [0.1, 0.15) is 0 Å². The van der Waals surface area contributed by atoms with Crippen LogP contribution in [0.15, 0.2) is 22.7 Å². The molecule has 0 saturated carbocycles. The summed E-state index contributed by atoms with van der Waals surface area (Å²) in [5.74, 6) is 0. The van der Waals surface area contributed by atoms with E-state index in [-0.39, 0.29) is 16.7 Å². The molecule has 1 rings (SSSR count). The zero-order valence-corrected chi connectivity index (χ0v) is 12.3. The number of hydrogen-bond acceptors (Lipinski definition) is 4. The van der Waals surface area contributed by atoms with Gasteiger partial charge in [-0.1, -0.05) is 12.1 Å². The molecule has 18 heavy (non-hydrogen) atoms. The standard InChI is InChI=1S/C12H17BrN2O3/c1-9(8-18-3)14(2)7-10-5-4-6-11(12(10)13)15(16)17/h4-6,9H,7-8H2,1-3H3. The second kappa shape index (κ2) is 6.82. The summed E-state index contributed by atoms with van der Waals surface area (Å²) >= 11 is 3.30. The van der Waals surface area contributed by atoms with Crippen molar-refractivity contribution < 1.29 is 9.66 Å². The summed E-state index contributed by atoms with van der Waals surface area (Å²) in [5, 5.41) is 10.8. The molecule has 0 aliphatic carbocycles. The van der Waals surface area contributed by atoms with Crippen LogP contribution in [0.3, 0.4) is 0 Å². The molecule has 0 fully saturated rings. The molecule has 1 aromatic rings. The van der Waals surface area contributed by atoms with Crippen LogP contribution >= 0.6 is 15.9 Å². The Morgan fingerprint density at radius 1 is 1.56 bits per heavy atom. The van der Waals surface area contributed by atoms with Crippen LogP contribution in [0, 0.1) is 10.1 Å². The fraction of sp³-hybridized carbons (Fsp3) is 0.500. The maximum atomic E-state index is 10.8. The fourth-order valence-corrected chi connectivity index (χ4v) is 2.16. The molecule has 0 radical (unpaired) electrons. The molecule has 0 spiro atoms. The molecule has 0 aliphatic heterocycles. The van der Waals surface area contributed by atoms with Crippen molar-refractivity contribution in [3.63, 3.8) is 0 Å². The van der Waals surface area contributed by atoms with Gasteiger partial charge in [0, 0.05) is 25.8 Å². The fourth-order valence-electron chi connectivity index (χ4n) is 1.62. The predicted molar refractivity (Wildman–Crippen MR) is 73.6 cm³/mol. The lowest BCUT2D eigenvalue weighted by atomic mass is 10.1. The first kappa shape index (κ1) is 15.1. The minimum Gasteiger partial charge on any atom is -0.383 e. The van der Waals surface area contributed by atoms with Gasteiger partial charge in [-0.2, -0.15) is 0 Å². The number of rotatable bonds is 6. The van der Waals surface area contributed by atoms with Crippen LogP contribution in [-0.4, -0.2) is 36.6 Å². The number of nitro benzene ring substituents is 1. The lowest BCUT2D eigenvalue weighted by Gasteiger charge is -2.24. The Bertz CT molecular complexity index is 426. The quantitative estimate of drug-likeness (QED) is 0.598. The van der Waals surface area contributed by atoms with Crippen molar-refractivity contribution in [1.29, 1.82) is 0 Å². The van der Waals surface area contributed by atoms with E-state index in [0.717, 1.165) is 5.56 Å². The van der Waals surface area contributed by atoms with Gasteiger partial charge in [0.25, 0.3) is 5.69 Å². The predicted octanol–water partition coefficient (Wildman–Crippen LogP) is 2.82. The van der Waals surface area contributed by atoms with Crippen molar-refractivity contribution in [1.82, 2.24) is 4.90 Å². The molecule has 1 unspecified atom stereocenters. The van der Waals surface area contributed by atoms with Gasteiger partial charge in [-0.15, -0.1) is 0 Å². The van der Waals surface area contributed by atoms with Crippen molar-refractivity contribution in [2.75, 3.05) is 20.8 Å². The number of likely N-dealkylation sites (N-methyl/N-ethyl adjacent to an activating group) is 1. The van der Waals surface area contributed by atoms with Crippen molar-refractivity contribution >= 4 is 21.6 Å². The monoisotopic (exact) mass is 316 g/mol. The molecule has 6 heteroatoms. The molecule has 1 aromatic carbocycles. The lowest BCUT2D eigenvalue weighted by molar-refractivity contribution is -0.385. The molecular formula is C12H17BrN2O3. The van der Waals surface area contributed by atoms with Crippen LogP contribution in [0.2, 0.25) is 0 Å². The number of nitro groups is 1. The number of halogens is 1. The summed E-state index contributed by atoms with van der Waals surface area (Å²) in [7, 11) is 3.63. The Hall–Kier alpha value is -0.980. The Balaban J connectivity index is 2.85. The van der Waals surface area contributed by atoms with Crippen molar-refractivity contribution in [2.45, 2.75) is 19.5 Å². The van der Waals surface area contributed by atoms with E-state index in [4.69, 9.17) is 4.74 Å². The molecule has 1 atom stereocenters. The lowest BCUT2D eigenvalue weighted by Crippen LogP contribution is -2.32. The number of hydrogen-bond donors (Lipinski definition) is 0. The van der Waals surface area contributed by atoms with Crippen LogP contribution in [0.4, 0.5) is 5.69 Å². The Morgan fingerprint density at radius 2 is 2.22 bits per heavy atom. The molecule has 0 aromatic heterocycles. The van der Waals surface area contributed by atoms with Gasteiger partial charge in [0.2, 0.25) is 0 Å². The van der Waals surface area contributed by atoms with Crippen molar-refractivity contribution in [2.24, 2.45) is 0 Å². The Morgan fingerprint density at radius 3 is 2.78 bits per heavy atom. The van der Waals surface area contributed by atoms with Crippen LogP contribution in [-0.2, 0) is 11.3 Å². The normalized spacial score (nSPS) is 12.7. The maximum Gasteiger partial charge on any atom is 0.283 e. The highest BCUT2D eigenvalue weighted by atomic mass is 79.9. The van der Waals surface area contributed by atoms with Crippen LogP contribution in [0.1, 0.15) is 12.5 Å². The van der Waals surface area contributed by atoms with E-state index in [2.05, 4.69) is 27.8 Å². The number of benzene rings is 1. The first-order chi connectivity index (χ1) is 8.47. The molecule has 0 bridgehead atoms. The van der Waals surface area contributed by atoms with Crippen molar-refractivity contribution in [3.05, 3.63) is 38.3 Å². The summed E-state index contributed by atoms with van der Waals surface area (Å²) in [6.45, 7) is 3.31. The van der Waals surface area contributed by atoms with Gasteiger partial charge < -0.3 is 4.74 Å². The van der Waals surface area contributed by atoms with E-state index < -0.39 is 0 Å². The van der Waals surface area contributed by atoms with Gasteiger partial charge >= 0.3 is 0 Å². The zero-order chi connectivity index (χ0) is 13.7. The van der Waals surface area contributed by atoms with Crippen molar-refractivity contribution in [3.8, 4) is 0 Å². The SMILES string of the molecule is COCC(C)N(C)Cc1cccc([N+](=O)[O-])c1Br. The smallest absolute Gasteiger partial charge is 0.283 e. The largest absolute Gasteiger partial charge is 0.383 e. The third-order valence-electron chi connectivity index (χ3n) is 2.84. The zero-order valence-electron chi connectivity index (χ0n) is 10.7. The summed E-state index contributed by atoms with van der Waals surface area (Å²) in [4.78, 5) is 12.5. The average Bonchev–Trinajstić information content (AvgIpc) is 2.31. The highest BCUT2D eigenvalue weighted by Gasteiger charge is 2.17. The van der Waals surface area contributed by atoms with Crippen LogP contribution in [0.25, 0.3) is 0 Å². The molecule has 0 amide bonds. The molecule has 0 heterocycles. The van der Waals surface area contributed by atoms with Gasteiger partial charge in [-0.05, 0) is 35.5 Å². The van der Waals surface area contributed by atoms with E-state index in [1.807, 2.05) is 13.1 Å². The van der Waals surface area contributed by atoms with Crippen LogP contribution in [0.5, 0.6) is 0 Å². The molecule has 0 N–H and O–H groups in total. The third kappa shape index (κ3) is 3.76. The summed E-state index contributed by atoms with van der Waals surface area (Å²) in [5.41, 5.74) is 0.995. The first-order valence-corrected chi connectivity index (χ1v) is 6.37. The van der Waals surface area contributed by atoms with E-state index in [1.54, 1.807) is 13.2 Å². The highest BCUT2D eigenvalue weighted by molar-refractivity contribution is 9.10. The summed E-state index contributed by atoms with van der Waals surface area (Å²) < 4.78 is 5.64. The van der Waals surface area contributed by atoms with Gasteiger partial charge in [0.15, 0.2) is 0 Å². The third-order valence-corrected chi connectivity index (χ3v) is 3.75. The first-order valence-electron chi connectivity index (χ1n) is 5.58. The average molecular weight is 317 g/mol. The Labute approximate surface area is 115 Å². The van der Waals surface area contributed by atoms with E-state index in [9.17, 15) is 10.1 Å². The summed E-state index contributed by atoms with van der Waals surface area (Å²) in [6, 6.07) is 5.33. The second-order valence-corrected chi connectivity index (χ2v) is 5.02.